The predicted molar refractivity (Wildman–Crippen MR) is 58.8 cm³/mol. The molecule has 1 heterocycles. The van der Waals surface area contributed by atoms with Gasteiger partial charge < -0.3 is 14.2 Å². The molecule has 7 heteroatoms. The number of hydrogen-bond donors (Lipinski definition) is 0. The van der Waals surface area contributed by atoms with Crippen molar-refractivity contribution in [2.75, 3.05) is 33.1 Å². The van der Waals surface area contributed by atoms with E-state index in [0.29, 0.717) is 12.6 Å². The normalized spacial score (nSPS) is 23.6. The van der Waals surface area contributed by atoms with Gasteiger partial charge in [-0.2, -0.15) is 0 Å². The van der Waals surface area contributed by atoms with Gasteiger partial charge in [-0.15, -0.1) is 4.76 Å². The molecule has 0 amide bonds. The fourth-order valence-electron chi connectivity index (χ4n) is 1.08. The maximum atomic E-state index is 11.8. The van der Waals surface area contributed by atoms with Gasteiger partial charge in [0.15, 0.2) is 0 Å². The summed E-state index contributed by atoms with van der Waals surface area (Å²) in [5.41, 5.74) is 0. The SMILES string of the molecule is CCN1CCO/C1=N\P(=O)(OC)SC. The van der Waals surface area contributed by atoms with Crippen molar-refractivity contribution in [2.24, 2.45) is 4.76 Å². The average Bonchev–Trinajstić information content (AvgIpc) is 2.65. The lowest BCUT2D eigenvalue weighted by atomic mass is 10.6. The van der Waals surface area contributed by atoms with Crippen LogP contribution in [0.3, 0.4) is 0 Å². The summed E-state index contributed by atoms with van der Waals surface area (Å²) in [6.07, 6.45) is 1.71. The standard InChI is InChI=1S/C7H15N2O3PS/c1-4-9-5-6-12-7(9)8-13(10,11-2)14-3/h4-6H2,1-3H3/b8-7-. The zero-order valence-electron chi connectivity index (χ0n) is 8.60. The third-order valence-corrected chi connectivity index (χ3v) is 5.33. The quantitative estimate of drug-likeness (QED) is 0.699. The zero-order valence-corrected chi connectivity index (χ0v) is 10.3. The first kappa shape index (κ1) is 11.9. The van der Waals surface area contributed by atoms with E-state index in [1.54, 1.807) is 6.26 Å². The Labute approximate surface area is 88.1 Å². The van der Waals surface area contributed by atoms with Crippen molar-refractivity contribution in [3.8, 4) is 0 Å². The van der Waals surface area contributed by atoms with Gasteiger partial charge in [-0.3, -0.25) is 4.57 Å². The van der Waals surface area contributed by atoms with Crippen molar-refractivity contribution in [1.82, 2.24) is 4.90 Å². The molecule has 0 aromatic heterocycles. The molecule has 1 fully saturated rings. The van der Waals surface area contributed by atoms with E-state index < -0.39 is 6.72 Å². The van der Waals surface area contributed by atoms with Gasteiger partial charge in [0.05, 0.1) is 6.54 Å². The third kappa shape index (κ3) is 2.65. The van der Waals surface area contributed by atoms with Crippen LogP contribution in [-0.2, 0) is 13.8 Å². The first-order chi connectivity index (χ1) is 6.65. The van der Waals surface area contributed by atoms with Crippen LogP contribution in [0.1, 0.15) is 6.92 Å². The van der Waals surface area contributed by atoms with Crippen LogP contribution >= 0.6 is 18.1 Å². The molecule has 0 N–H and O–H groups in total. The topological polar surface area (TPSA) is 51.1 Å². The Kier molecular flexibility index (Phi) is 4.29. The molecule has 0 bridgehead atoms. The molecule has 0 aromatic rings. The van der Waals surface area contributed by atoms with Crippen molar-refractivity contribution < 1.29 is 13.8 Å². The van der Waals surface area contributed by atoms with E-state index in [1.165, 1.54) is 7.11 Å². The molecule has 0 aliphatic carbocycles. The molecule has 0 spiro atoms. The van der Waals surface area contributed by atoms with Gasteiger partial charge in [0.25, 0.3) is 6.02 Å². The van der Waals surface area contributed by atoms with E-state index in [1.807, 2.05) is 11.8 Å². The first-order valence-electron chi connectivity index (χ1n) is 4.34. The second-order valence-electron chi connectivity index (χ2n) is 2.64. The summed E-state index contributed by atoms with van der Waals surface area (Å²) in [7, 11) is 1.40. The van der Waals surface area contributed by atoms with Gasteiger partial charge >= 0.3 is 6.72 Å². The van der Waals surface area contributed by atoms with Crippen LogP contribution in [0.5, 0.6) is 0 Å². The van der Waals surface area contributed by atoms with E-state index in [4.69, 9.17) is 9.26 Å². The Balaban J connectivity index is 2.80. The number of amidine groups is 1. The van der Waals surface area contributed by atoms with Crippen LogP contribution in [0, 0.1) is 0 Å². The molecule has 14 heavy (non-hydrogen) atoms. The molecule has 0 radical (unpaired) electrons. The summed E-state index contributed by atoms with van der Waals surface area (Å²) in [5.74, 6) is 0. The van der Waals surface area contributed by atoms with Crippen molar-refractivity contribution in [3.05, 3.63) is 0 Å². The summed E-state index contributed by atoms with van der Waals surface area (Å²) in [4.78, 5) is 1.93. The Hall–Kier alpha value is -0.190. The highest BCUT2D eigenvalue weighted by atomic mass is 32.7. The Morgan fingerprint density at radius 2 is 2.50 bits per heavy atom. The van der Waals surface area contributed by atoms with Gasteiger partial charge in [-0.25, -0.2) is 0 Å². The number of likely N-dealkylation sites (N-methyl/N-ethyl adjacent to an activating group) is 1. The Morgan fingerprint density at radius 1 is 1.79 bits per heavy atom. The molecule has 1 saturated heterocycles. The van der Waals surface area contributed by atoms with E-state index in [0.717, 1.165) is 24.5 Å². The molecule has 1 atom stereocenters. The maximum Gasteiger partial charge on any atom is 0.375 e. The lowest BCUT2D eigenvalue weighted by Crippen LogP contribution is -2.24. The van der Waals surface area contributed by atoms with Gasteiger partial charge in [-0.1, -0.05) is 0 Å². The van der Waals surface area contributed by atoms with Gasteiger partial charge in [0, 0.05) is 13.7 Å². The maximum absolute atomic E-state index is 11.8. The first-order valence-corrected chi connectivity index (χ1v) is 7.75. The van der Waals surface area contributed by atoms with Crippen LogP contribution in [-0.4, -0.2) is 44.0 Å². The minimum absolute atomic E-state index is 0.437. The molecule has 82 valence electrons. The van der Waals surface area contributed by atoms with E-state index in [2.05, 4.69) is 4.76 Å². The fourth-order valence-corrected chi connectivity index (χ4v) is 2.69. The van der Waals surface area contributed by atoms with E-state index >= 15 is 0 Å². The molecule has 5 nitrogen and oxygen atoms in total. The van der Waals surface area contributed by atoms with Gasteiger partial charge in [0.2, 0.25) is 0 Å². The Bertz CT molecular complexity index is 264. The molecule has 1 aliphatic heterocycles. The molecular weight excluding hydrogens is 223 g/mol. The minimum atomic E-state index is -2.94. The number of nitrogens with zero attached hydrogens (tertiary/aromatic N) is 2. The molecule has 1 rings (SSSR count). The van der Waals surface area contributed by atoms with Crippen LogP contribution in [0.4, 0.5) is 0 Å². The van der Waals surface area contributed by atoms with E-state index in [-0.39, 0.29) is 0 Å². The van der Waals surface area contributed by atoms with Crippen molar-refractivity contribution in [1.29, 1.82) is 0 Å². The summed E-state index contributed by atoms with van der Waals surface area (Å²) in [5, 5.41) is 0. The zero-order chi connectivity index (χ0) is 10.6. The smallest absolute Gasteiger partial charge is 0.375 e. The summed E-state index contributed by atoms with van der Waals surface area (Å²) < 4.78 is 26.0. The minimum Gasteiger partial charge on any atom is -0.463 e. The second kappa shape index (κ2) is 5.05. The fraction of sp³-hybridized carbons (Fsp3) is 0.857. The predicted octanol–water partition coefficient (Wildman–Crippen LogP) is 1.81. The number of ether oxygens (including phenoxy) is 1. The van der Waals surface area contributed by atoms with Crippen LogP contribution in [0.25, 0.3) is 0 Å². The van der Waals surface area contributed by atoms with Crippen molar-refractivity contribution >= 4 is 24.1 Å². The monoisotopic (exact) mass is 238 g/mol. The van der Waals surface area contributed by atoms with Crippen molar-refractivity contribution in [2.45, 2.75) is 6.92 Å². The van der Waals surface area contributed by atoms with Gasteiger partial charge in [-0.05, 0) is 24.6 Å². The van der Waals surface area contributed by atoms with Crippen LogP contribution < -0.4 is 0 Å². The molecule has 0 aromatic carbocycles. The third-order valence-electron chi connectivity index (χ3n) is 1.91. The lowest BCUT2D eigenvalue weighted by Gasteiger charge is -2.14. The number of rotatable bonds is 4. The highest BCUT2D eigenvalue weighted by molar-refractivity contribution is 8.55. The number of hydrogen-bond acceptors (Lipinski definition) is 4. The van der Waals surface area contributed by atoms with E-state index in [9.17, 15) is 4.57 Å². The van der Waals surface area contributed by atoms with Crippen molar-refractivity contribution in [3.63, 3.8) is 0 Å². The highest BCUT2D eigenvalue weighted by Crippen LogP contribution is 2.59. The Morgan fingerprint density at radius 3 is 3.00 bits per heavy atom. The molecule has 0 saturated carbocycles. The summed E-state index contributed by atoms with van der Waals surface area (Å²) in [6, 6.07) is 0.437. The lowest BCUT2D eigenvalue weighted by molar-refractivity contribution is 0.350. The molecule has 1 unspecified atom stereocenters. The summed E-state index contributed by atoms with van der Waals surface area (Å²) in [6.45, 7) is 1.26. The molecular formula is C7H15N2O3PS. The highest BCUT2D eigenvalue weighted by Gasteiger charge is 2.26. The van der Waals surface area contributed by atoms with Crippen LogP contribution in [0.2, 0.25) is 0 Å². The summed E-state index contributed by atoms with van der Waals surface area (Å²) >= 11 is 1.11. The second-order valence-corrected chi connectivity index (χ2v) is 6.99. The largest absolute Gasteiger partial charge is 0.463 e. The average molecular weight is 238 g/mol. The van der Waals surface area contributed by atoms with Gasteiger partial charge in [0.1, 0.15) is 6.61 Å². The molecule has 1 aliphatic rings. The van der Waals surface area contributed by atoms with Crippen LogP contribution in [0.15, 0.2) is 4.76 Å².